The molecule has 0 saturated carbocycles. The molecule has 4 unspecified atom stereocenters. The van der Waals surface area contributed by atoms with E-state index in [4.69, 9.17) is 0 Å². The van der Waals surface area contributed by atoms with Crippen molar-refractivity contribution in [3.05, 3.63) is 0 Å². The monoisotopic (exact) mass is 712 g/mol. The summed E-state index contributed by atoms with van der Waals surface area (Å²) < 4.78 is 0. The number of rotatable bonds is 41. The topological polar surface area (TPSA) is 110 Å². The Balaban J connectivity index is 3.68. The summed E-state index contributed by atoms with van der Waals surface area (Å²) >= 11 is 0. The van der Waals surface area contributed by atoms with Gasteiger partial charge in [-0.15, -0.1) is 0 Å². The van der Waals surface area contributed by atoms with Crippen LogP contribution >= 0.6 is 0 Å². The summed E-state index contributed by atoms with van der Waals surface area (Å²) in [6.45, 7) is 4.06. The Morgan fingerprint density at radius 3 is 0.960 bits per heavy atom. The lowest BCUT2D eigenvalue weighted by molar-refractivity contribution is -0.132. The van der Waals surface area contributed by atoms with Crippen molar-refractivity contribution in [2.45, 2.75) is 269 Å². The standard InChI is InChI=1S/C44H89NO5/c1-3-5-7-9-11-13-15-17-19-20-21-22-23-24-26-28-30-32-34-36-38-42(48)44(50)45-40(39-46)43(49)41(47)37-35-33-31-29-27-25-18-16-14-12-10-8-6-4-2/h40-43,46-49H,3-39H2,1-2H3,(H,45,50). The zero-order valence-corrected chi connectivity index (χ0v) is 33.7. The fourth-order valence-electron chi connectivity index (χ4n) is 7.23. The molecule has 0 aromatic rings. The number of carbonyl (C=O) groups excluding carboxylic acids is 1. The maximum absolute atomic E-state index is 12.5. The van der Waals surface area contributed by atoms with Crippen molar-refractivity contribution in [2.75, 3.05) is 6.61 Å². The molecular formula is C44H89NO5. The number of nitrogens with one attached hydrogen (secondary N) is 1. The highest BCUT2D eigenvalue weighted by Gasteiger charge is 2.28. The average molecular weight is 712 g/mol. The molecule has 0 bridgehead atoms. The summed E-state index contributed by atoms with van der Waals surface area (Å²) in [5.74, 6) is -0.579. The Morgan fingerprint density at radius 1 is 0.420 bits per heavy atom. The van der Waals surface area contributed by atoms with Crippen LogP contribution in [0.15, 0.2) is 0 Å². The van der Waals surface area contributed by atoms with Gasteiger partial charge in [0.05, 0.1) is 18.8 Å². The van der Waals surface area contributed by atoms with Crippen molar-refractivity contribution in [1.82, 2.24) is 5.32 Å². The smallest absolute Gasteiger partial charge is 0.249 e. The van der Waals surface area contributed by atoms with E-state index in [-0.39, 0.29) is 0 Å². The van der Waals surface area contributed by atoms with Gasteiger partial charge in [0.15, 0.2) is 0 Å². The average Bonchev–Trinajstić information content (AvgIpc) is 3.12. The molecule has 0 aliphatic rings. The minimum atomic E-state index is -1.25. The summed E-state index contributed by atoms with van der Waals surface area (Å²) in [6, 6.07) is -0.978. The fourth-order valence-corrected chi connectivity index (χ4v) is 7.23. The summed E-state index contributed by atoms with van der Waals surface area (Å²) in [5.41, 5.74) is 0. The number of aliphatic hydroxyl groups excluding tert-OH is 4. The van der Waals surface area contributed by atoms with Gasteiger partial charge in [0.2, 0.25) is 5.91 Å². The molecule has 300 valence electrons. The maximum Gasteiger partial charge on any atom is 0.249 e. The lowest BCUT2D eigenvalue weighted by atomic mass is 9.99. The van der Waals surface area contributed by atoms with Gasteiger partial charge >= 0.3 is 0 Å². The molecule has 0 heterocycles. The third-order valence-corrected chi connectivity index (χ3v) is 10.8. The van der Waals surface area contributed by atoms with Gasteiger partial charge in [0.25, 0.3) is 0 Å². The highest BCUT2D eigenvalue weighted by atomic mass is 16.3. The largest absolute Gasteiger partial charge is 0.394 e. The lowest BCUT2D eigenvalue weighted by Crippen LogP contribution is -2.53. The molecule has 0 rings (SSSR count). The van der Waals surface area contributed by atoms with Crippen LogP contribution < -0.4 is 5.32 Å². The number of hydrogen-bond donors (Lipinski definition) is 5. The maximum atomic E-state index is 12.5. The summed E-state index contributed by atoms with van der Waals surface area (Å²) in [5, 5.41) is 43.7. The molecule has 50 heavy (non-hydrogen) atoms. The van der Waals surface area contributed by atoms with Crippen molar-refractivity contribution < 1.29 is 25.2 Å². The van der Waals surface area contributed by atoms with E-state index in [1.165, 1.54) is 180 Å². The zero-order chi connectivity index (χ0) is 36.8. The predicted octanol–water partition coefficient (Wildman–Crippen LogP) is 11.6. The highest BCUT2D eigenvalue weighted by Crippen LogP contribution is 2.17. The number of hydrogen-bond acceptors (Lipinski definition) is 5. The van der Waals surface area contributed by atoms with E-state index in [1.54, 1.807) is 0 Å². The molecule has 6 nitrogen and oxygen atoms in total. The first-order chi connectivity index (χ1) is 24.5. The first-order valence-electron chi connectivity index (χ1n) is 22.4. The summed E-state index contributed by atoms with van der Waals surface area (Å²) in [6.07, 6.45) is 41.3. The minimum Gasteiger partial charge on any atom is -0.394 e. The van der Waals surface area contributed by atoms with E-state index in [0.29, 0.717) is 12.8 Å². The second kappa shape index (κ2) is 39.5. The number of aliphatic hydroxyl groups is 4. The Hall–Kier alpha value is -0.690. The Kier molecular flexibility index (Phi) is 39.0. The number of unbranched alkanes of at least 4 members (excludes halogenated alkanes) is 32. The van der Waals surface area contributed by atoms with Crippen LogP contribution in [0.4, 0.5) is 0 Å². The third-order valence-electron chi connectivity index (χ3n) is 10.8. The van der Waals surface area contributed by atoms with Crippen LogP contribution in [-0.4, -0.2) is 57.3 Å². The molecule has 0 aliphatic heterocycles. The molecule has 4 atom stereocenters. The van der Waals surface area contributed by atoms with E-state index in [9.17, 15) is 25.2 Å². The number of amides is 1. The lowest BCUT2D eigenvalue weighted by Gasteiger charge is -2.27. The third kappa shape index (κ3) is 33.2. The van der Waals surface area contributed by atoms with Crippen LogP contribution in [0.1, 0.15) is 245 Å². The van der Waals surface area contributed by atoms with Gasteiger partial charge in [-0.3, -0.25) is 4.79 Å². The highest BCUT2D eigenvalue weighted by molar-refractivity contribution is 5.80. The van der Waals surface area contributed by atoms with E-state index in [2.05, 4.69) is 19.2 Å². The van der Waals surface area contributed by atoms with Crippen molar-refractivity contribution in [3.8, 4) is 0 Å². The van der Waals surface area contributed by atoms with Crippen molar-refractivity contribution in [2.24, 2.45) is 0 Å². The molecule has 5 N–H and O–H groups in total. The molecule has 0 aromatic carbocycles. The Morgan fingerprint density at radius 2 is 0.680 bits per heavy atom. The van der Waals surface area contributed by atoms with Crippen molar-refractivity contribution >= 4 is 5.91 Å². The first kappa shape index (κ1) is 49.3. The molecule has 6 heteroatoms. The summed E-state index contributed by atoms with van der Waals surface area (Å²) in [7, 11) is 0. The molecule has 0 spiro atoms. The van der Waals surface area contributed by atoms with Crippen LogP contribution in [0.3, 0.4) is 0 Å². The normalized spacial score (nSPS) is 14.1. The minimum absolute atomic E-state index is 0.376. The van der Waals surface area contributed by atoms with Gasteiger partial charge in [-0.2, -0.15) is 0 Å². The van der Waals surface area contributed by atoms with Crippen LogP contribution in [-0.2, 0) is 4.79 Å². The first-order valence-corrected chi connectivity index (χ1v) is 22.4. The number of carbonyl (C=O) groups is 1. The van der Waals surface area contributed by atoms with Gasteiger partial charge in [-0.05, 0) is 12.8 Å². The van der Waals surface area contributed by atoms with Crippen molar-refractivity contribution in [3.63, 3.8) is 0 Å². The van der Waals surface area contributed by atoms with Crippen LogP contribution in [0.2, 0.25) is 0 Å². The molecular weight excluding hydrogens is 622 g/mol. The van der Waals surface area contributed by atoms with Gasteiger partial charge in [0.1, 0.15) is 12.2 Å². The second-order valence-corrected chi connectivity index (χ2v) is 15.8. The zero-order valence-electron chi connectivity index (χ0n) is 33.7. The molecule has 0 aliphatic carbocycles. The van der Waals surface area contributed by atoms with Crippen LogP contribution in [0.5, 0.6) is 0 Å². The van der Waals surface area contributed by atoms with E-state index >= 15 is 0 Å². The summed E-state index contributed by atoms with van der Waals surface area (Å²) in [4.78, 5) is 12.5. The molecule has 0 aromatic heterocycles. The molecule has 1 amide bonds. The van der Waals surface area contributed by atoms with Crippen LogP contribution in [0.25, 0.3) is 0 Å². The SMILES string of the molecule is CCCCCCCCCCCCCCCCCCCCCCC(O)C(=O)NC(CO)C(O)C(O)CCCCCCCCCCCCCCCC. The van der Waals surface area contributed by atoms with Gasteiger partial charge in [-0.25, -0.2) is 0 Å². The molecule has 0 radical (unpaired) electrons. The van der Waals surface area contributed by atoms with Crippen LogP contribution in [0, 0.1) is 0 Å². The van der Waals surface area contributed by atoms with E-state index < -0.39 is 36.9 Å². The fraction of sp³-hybridized carbons (Fsp3) is 0.977. The Labute approximate surface area is 311 Å². The molecule has 0 fully saturated rings. The second-order valence-electron chi connectivity index (χ2n) is 15.8. The van der Waals surface area contributed by atoms with Gasteiger partial charge in [-0.1, -0.05) is 232 Å². The van der Waals surface area contributed by atoms with Gasteiger partial charge < -0.3 is 25.7 Å². The molecule has 0 saturated heterocycles. The quantitative estimate of drug-likeness (QED) is 0.0406. The van der Waals surface area contributed by atoms with E-state index in [0.717, 1.165) is 38.5 Å². The van der Waals surface area contributed by atoms with E-state index in [1.807, 2.05) is 0 Å². The van der Waals surface area contributed by atoms with Gasteiger partial charge in [0, 0.05) is 0 Å². The van der Waals surface area contributed by atoms with Crippen molar-refractivity contribution in [1.29, 1.82) is 0 Å². The predicted molar refractivity (Wildman–Crippen MR) is 215 cm³/mol. The Bertz CT molecular complexity index is 677.